The highest BCUT2D eigenvalue weighted by atomic mass is 19.1. The summed E-state index contributed by atoms with van der Waals surface area (Å²) in [4.78, 5) is 4.41. The van der Waals surface area contributed by atoms with E-state index in [-0.39, 0.29) is 11.9 Å². The van der Waals surface area contributed by atoms with Crippen molar-refractivity contribution in [2.24, 2.45) is 5.84 Å². The van der Waals surface area contributed by atoms with E-state index in [0.717, 1.165) is 17.0 Å². The number of nitrogens with one attached hydrogen (secondary N) is 1. The Morgan fingerprint density at radius 2 is 2.00 bits per heavy atom. The number of hydrogen-bond acceptors (Lipinski definition) is 3. The molecular weight excluding hydrogens is 229 g/mol. The minimum absolute atomic E-state index is 0.236. The summed E-state index contributed by atoms with van der Waals surface area (Å²) in [5, 5.41) is 0. The molecule has 0 aliphatic heterocycles. The van der Waals surface area contributed by atoms with E-state index in [1.54, 1.807) is 13.0 Å². The summed E-state index contributed by atoms with van der Waals surface area (Å²) in [5.41, 5.74) is 5.74. The molecule has 0 radical (unpaired) electrons. The van der Waals surface area contributed by atoms with Crippen LogP contribution in [0.1, 0.15) is 28.6 Å². The second-order valence-electron chi connectivity index (χ2n) is 4.31. The molecule has 1 unspecified atom stereocenters. The van der Waals surface area contributed by atoms with Crippen LogP contribution in [0.2, 0.25) is 0 Å². The first-order chi connectivity index (χ1) is 8.61. The molecule has 1 aromatic heterocycles. The molecule has 1 atom stereocenters. The number of rotatable bonds is 3. The predicted molar refractivity (Wildman–Crippen MR) is 69.3 cm³/mol. The van der Waals surface area contributed by atoms with E-state index in [0.29, 0.717) is 5.56 Å². The van der Waals surface area contributed by atoms with Gasteiger partial charge in [-0.3, -0.25) is 10.8 Å². The lowest BCUT2D eigenvalue weighted by atomic mass is 10.0. The van der Waals surface area contributed by atoms with Crippen LogP contribution in [0.5, 0.6) is 0 Å². The molecule has 0 saturated heterocycles. The van der Waals surface area contributed by atoms with Crippen molar-refractivity contribution in [3.8, 4) is 0 Å². The maximum absolute atomic E-state index is 13.6. The van der Waals surface area contributed by atoms with Crippen LogP contribution in [0.15, 0.2) is 36.4 Å². The quantitative estimate of drug-likeness (QED) is 0.645. The zero-order valence-electron chi connectivity index (χ0n) is 10.4. The third-order valence-corrected chi connectivity index (χ3v) is 2.90. The van der Waals surface area contributed by atoms with Crippen LogP contribution in [0.25, 0.3) is 0 Å². The Labute approximate surface area is 106 Å². The molecule has 0 aliphatic rings. The molecule has 0 saturated carbocycles. The van der Waals surface area contributed by atoms with Crippen molar-refractivity contribution in [1.29, 1.82) is 0 Å². The second-order valence-corrected chi connectivity index (χ2v) is 4.31. The molecule has 0 fully saturated rings. The standard InChI is InChI=1S/C14H16FN3/c1-9-6-7-11(8-12(9)15)14(18-16)13-5-3-4-10(2)17-13/h3-8,14,18H,16H2,1-2H3. The lowest BCUT2D eigenvalue weighted by Gasteiger charge is -2.16. The van der Waals surface area contributed by atoms with Gasteiger partial charge < -0.3 is 0 Å². The van der Waals surface area contributed by atoms with Crippen molar-refractivity contribution >= 4 is 0 Å². The first-order valence-electron chi connectivity index (χ1n) is 5.77. The number of nitrogens with two attached hydrogens (primary N) is 1. The van der Waals surface area contributed by atoms with E-state index in [4.69, 9.17) is 5.84 Å². The number of hydrogen-bond donors (Lipinski definition) is 2. The molecule has 2 aromatic rings. The fraction of sp³-hybridized carbons (Fsp3) is 0.214. The first-order valence-corrected chi connectivity index (χ1v) is 5.77. The maximum atomic E-state index is 13.6. The van der Waals surface area contributed by atoms with Gasteiger partial charge in [0.15, 0.2) is 0 Å². The highest BCUT2D eigenvalue weighted by Gasteiger charge is 2.15. The van der Waals surface area contributed by atoms with Gasteiger partial charge in [-0.2, -0.15) is 0 Å². The van der Waals surface area contributed by atoms with Crippen molar-refractivity contribution < 1.29 is 4.39 Å². The van der Waals surface area contributed by atoms with Crippen molar-refractivity contribution in [3.05, 3.63) is 64.7 Å². The highest BCUT2D eigenvalue weighted by Crippen LogP contribution is 2.21. The van der Waals surface area contributed by atoms with Crippen LogP contribution >= 0.6 is 0 Å². The minimum atomic E-state index is -0.306. The Morgan fingerprint density at radius 3 is 2.61 bits per heavy atom. The Hall–Kier alpha value is -1.78. The summed E-state index contributed by atoms with van der Waals surface area (Å²) in [7, 11) is 0. The van der Waals surface area contributed by atoms with Crippen LogP contribution < -0.4 is 11.3 Å². The Kier molecular flexibility index (Phi) is 3.69. The van der Waals surface area contributed by atoms with Crippen LogP contribution in [0.3, 0.4) is 0 Å². The van der Waals surface area contributed by atoms with E-state index >= 15 is 0 Å². The van der Waals surface area contributed by atoms with Gasteiger partial charge in [0.1, 0.15) is 5.82 Å². The van der Waals surface area contributed by atoms with Gasteiger partial charge in [0.05, 0.1) is 11.7 Å². The van der Waals surface area contributed by atoms with Gasteiger partial charge in [0.2, 0.25) is 0 Å². The first kappa shape index (κ1) is 12.7. The van der Waals surface area contributed by atoms with Gasteiger partial charge in [0, 0.05) is 5.69 Å². The largest absolute Gasteiger partial charge is 0.271 e. The Bertz CT molecular complexity index is 554. The number of pyridine rings is 1. The van der Waals surface area contributed by atoms with E-state index in [1.165, 1.54) is 6.07 Å². The topological polar surface area (TPSA) is 50.9 Å². The van der Waals surface area contributed by atoms with Gasteiger partial charge >= 0.3 is 0 Å². The fourth-order valence-electron chi connectivity index (χ4n) is 1.87. The molecule has 4 heteroatoms. The number of aromatic nitrogens is 1. The van der Waals surface area contributed by atoms with Crippen LogP contribution in [0.4, 0.5) is 4.39 Å². The second kappa shape index (κ2) is 5.25. The van der Waals surface area contributed by atoms with E-state index < -0.39 is 0 Å². The van der Waals surface area contributed by atoms with E-state index in [9.17, 15) is 4.39 Å². The van der Waals surface area contributed by atoms with Crippen LogP contribution in [-0.2, 0) is 0 Å². The summed E-state index contributed by atoms with van der Waals surface area (Å²) in [5.74, 6) is 5.33. The smallest absolute Gasteiger partial charge is 0.126 e. The minimum Gasteiger partial charge on any atom is -0.271 e. The number of halogens is 1. The van der Waals surface area contributed by atoms with Gasteiger partial charge in [-0.1, -0.05) is 18.2 Å². The van der Waals surface area contributed by atoms with Gasteiger partial charge in [-0.05, 0) is 43.2 Å². The number of hydrazine groups is 1. The normalized spacial score (nSPS) is 12.4. The van der Waals surface area contributed by atoms with Crippen molar-refractivity contribution in [2.75, 3.05) is 0 Å². The molecule has 0 aliphatic carbocycles. The van der Waals surface area contributed by atoms with Crippen molar-refractivity contribution in [1.82, 2.24) is 10.4 Å². The highest BCUT2D eigenvalue weighted by molar-refractivity contribution is 5.31. The SMILES string of the molecule is Cc1cccc(C(NN)c2ccc(C)c(F)c2)n1. The molecule has 0 spiro atoms. The number of benzene rings is 1. The number of nitrogens with zero attached hydrogens (tertiary/aromatic N) is 1. The van der Waals surface area contributed by atoms with Crippen LogP contribution in [0, 0.1) is 19.7 Å². The van der Waals surface area contributed by atoms with Gasteiger partial charge in [0.25, 0.3) is 0 Å². The molecule has 1 aromatic carbocycles. The third kappa shape index (κ3) is 2.55. The lowest BCUT2D eigenvalue weighted by Crippen LogP contribution is -2.29. The molecule has 1 heterocycles. The molecule has 94 valence electrons. The summed E-state index contributed by atoms with van der Waals surface area (Å²) in [6.07, 6.45) is 0. The zero-order chi connectivity index (χ0) is 13.1. The monoisotopic (exact) mass is 245 g/mol. The fourth-order valence-corrected chi connectivity index (χ4v) is 1.87. The summed E-state index contributed by atoms with van der Waals surface area (Å²) in [6.45, 7) is 3.64. The Morgan fingerprint density at radius 1 is 1.22 bits per heavy atom. The lowest BCUT2D eigenvalue weighted by molar-refractivity contribution is 0.592. The molecule has 0 amide bonds. The summed E-state index contributed by atoms with van der Waals surface area (Å²) in [6, 6.07) is 10.5. The van der Waals surface area contributed by atoms with E-state index in [1.807, 2.05) is 31.2 Å². The van der Waals surface area contributed by atoms with Gasteiger partial charge in [-0.25, -0.2) is 9.82 Å². The molecule has 3 nitrogen and oxygen atoms in total. The summed E-state index contributed by atoms with van der Waals surface area (Å²) >= 11 is 0. The maximum Gasteiger partial charge on any atom is 0.126 e. The average molecular weight is 245 g/mol. The van der Waals surface area contributed by atoms with E-state index in [2.05, 4.69) is 10.4 Å². The van der Waals surface area contributed by atoms with Gasteiger partial charge in [-0.15, -0.1) is 0 Å². The number of aryl methyl sites for hydroxylation is 2. The zero-order valence-corrected chi connectivity index (χ0v) is 10.4. The molecule has 18 heavy (non-hydrogen) atoms. The summed E-state index contributed by atoms with van der Waals surface area (Å²) < 4.78 is 13.6. The van der Waals surface area contributed by atoms with Crippen molar-refractivity contribution in [3.63, 3.8) is 0 Å². The average Bonchev–Trinajstić information content (AvgIpc) is 2.35. The molecule has 2 rings (SSSR count). The van der Waals surface area contributed by atoms with Crippen molar-refractivity contribution in [2.45, 2.75) is 19.9 Å². The molecule has 0 bridgehead atoms. The third-order valence-electron chi connectivity index (χ3n) is 2.90. The van der Waals surface area contributed by atoms with Crippen LogP contribution in [-0.4, -0.2) is 4.98 Å². The molecular formula is C14H16FN3. The molecule has 3 N–H and O–H groups in total. The Balaban J connectivity index is 2.42. The predicted octanol–water partition coefficient (Wildman–Crippen LogP) is 2.39.